The van der Waals surface area contributed by atoms with Crippen LogP contribution < -0.4 is 16.0 Å². The van der Waals surface area contributed by atoms with Crippen LogP contribution in [0.25, 0.3) is 0 Å². The Morgan fingerprint density at radius 1 is 1.60 bits per heavy atom. The van der Waals surface area contributed by atoms with E-state index in [1.54, 1.807) is 0 Å². The van der Waals surface area contributed by atoms with Crippen LogP contribution in [0.1, 0.15) is 0 Å². The number of epoxide rings is 1. The zero-order chi connectivity index (χ0) is 10.7. The predicted molar refractivity (Wildman–Crippen MR) is 53.3 cm³/mol. The topological polar surface area (TPSA) is 74.9 Å². The molecule has 6 nitrogen and oxygen atoms in total. The first-order valence-electron chi connectivity index (χ1n) is 5.21. The zero-order valence-corrected chi connectivity index (χ0v) is 8.79. The van der Waals surface area contributed by atoms with Gasteiger partial charge in [-0.1, -0.05) is 0 Å². The number of hydrogen-bond acceptors (Lipinski definition) is 6. The van der Waals surface area contributed by atoms with Crippen LogP contribution in [0.3, 0.4) is 0 Å². The second kappa shape index (κ2) is 4.89. The van der Waals surface area contributed by atoms with E-state index in [1.807, 2.05) is 0 Å². The molecule has 15 heavy (non-hydrogen) atoms. The third-order valence-electron chi connectivity index (χ3n) is 2.67. The van der Waals surface area contributed by atoms with Gasteiger partial charge >= 0.3 is 5.97 Å². The van der Waals surface area contributed by atoms with Crippen molar-refractivity contribution in [2.24, 2.45) is 0 Å². The molecule has 3 N–H and O–H groups in total. The molecular weight excluding hydrogens is 198 g/mol. The van der Waals surface area contributed by atoms with E-state index in [-0.39, 0.29) is 24.8 Å². The molecule has 0 aromatic rings. The van der Waals surface area contributed by atoms with Gasteiger partial charge in [-0.2, -0.15) is 0 Å². The summed E-state index contributed by atoms with van der Waals surface area (Å²) in [5.41, 5.74) is 0. The van der Waals surface area contributed by atoms with Crippen molar-refractivity contribution in [1.82, 2.24) is 16.0 Å². The van der Waals surface area contributed by atoms with Crippen molar-refractivity contribution < 1.29 is 14.3 Å². The molecule has 0 saturated carbocycles. The van der Waals surface area contributed by atoms with Crippen LogP contribution in [-0.2, 0) is 14.3 Å². The van der Waals surface area contributed by atoms with Crippen LogP contribution >= 0.6 is 0 Å². The highest BCUT2D eigenvalue weighted by Crippen LogP contribution is 2.23. The summed E-state index contributed by atoms with van der Waals surface area (Å²) in [5.74, 6) is -0.265. The lowest BCUT2D eigenvalue weighted by Crippen LogP contribution is -2.52. The maximum absolute atomic E-state index is 10.9. The number of hydrogen-bond donors (Lipinski definition) is 3. The number of methoxy groups -OCH3 is 1. The van der Waals surface area contributed by atoms with Crippen LogP contribution in [0.5, 0.6) is 0 Å². The minimum atomic E-state index is -0.265. The Morgan fingerprint density at radius 3 is 3.13 bits per heavy atom. The summed E-state index contributed by atoms with van der Waals surface area (Å²) in [5, 5.41) is 9.65. The molecular formula is C9H17N3O3. The maximum Gasteiger partial charge on any atom is 0.319 e. The number of carbonyl (C=O) groups is 1. The van der Waals surface area contributed by atoms with Crippen molar-refractivity contribution in [3.63, 3.8) is 0 Å². The Kier molecular flexibility index (Phi) is 3.53. The van der Waals surface area contributed by atoms with Gasteiger partial charge in [-0.05, 0) is 0 Å². The smallest absolute Gasteiger partial charge is 0.319 e. The summed E-state index contributed by atoms with van der Waals surface area (Å²) in [6.07, 6.45) is 0.156. The first-order valence-corrected chi connectivity index (χ1v) is 5.21. The van der Waals surface area contributed by atoms with Gasteiger partial charge in [0.2, 0.25) is 0 Å². The van der Waals surface area contributed by atoms with E-state index in [1.165, 1.54) is 7.11 Å². The highest BCUT2D eigenvalue weighted by Gasteiger charge is 2.45. The highest BCUT2D eigenvalue weighted by atomic mass is 16.6. The summed E-state index contributed by atoms with van der Waals surface area (Å²) >= 11 is 0. The molecule has 0 aromatic carbocycles. The van der Waals surface area contributed by atoms with Gasteiger partial charge in [0.25, 0.3) is 0 Å². The Hall–Kier alpha value is -0.690. The van der Waals surface area contributed by atoms with Crippen LogP contribution in [-0.4, -0.2) is 57.6 Å². The van der Waals surface area contributed by atoms with E-state index >= 15 is 0 Å². The molecule has 0 aliphatic carbocycles. The summed E-state index contributed by atoms with van der Waals surface area (Å²) < 4.78 is 9.95. The van der Waals surface area contributed by atoms with Crippen LogP contribution in [0.15, 0.2) is 0 Å². The SMILES string of the molecule is COC(=O)CNC1OC1C1CNCCN1. The Labute approximate surface area is 88.7 Å². The van der Waals surface area contributed by atoms with E-state index in [2.05, 4.69) is 20.7 Å². The minimum absolute atomic E-state index is 0.0125. The second-order valence-electron chi connectivity index (χ2n) is 3.74. The van der Waals surface area contributed by atoms with E-state index in [0.29, 0.717) is 6.04 Å². The molecule has 0 bridgehead atoms. The van der Waals surface area contributed by atoms with Crippen LogP contribution in [0.4, 0.5) is 0 Å². The number of esters is 1. The summed E-state index contributed by atoms with van der Waals surface area (Å²) in [4.78, 5) is 10.9. The fourth-order valence-corrected chi connectivity index (χ4v) is 1.76. The van der Waals surface area contributed by atoms with Crippen molar-refractivity contribution in [1.29, 1.82) is 0 Å². The summed E-state index contributed by atoms with van der Waals surface area (Å²) in [7, 11) is 1.38. The first-order chi connectivity index (χ1) is 7.31. The largest absolute Gasteiger partial charge is 0.468 e. The van der Waals surface area contributed by atoms with Gasteiger partial charge in [-0.25, -0.2) is 0 Å². The fraction of sp³-hybridized carbons (Fsp3) is 0.889. The van der Waals surface area contributed by atoms with E-state index in [0.717, 1.165) is 19.6 Å². The van der Waals surface area contributed by atoms with Gasteiger partial charge in [-0.3, -0.25) is 10.1 Å². The van der Waals surface area contributed by atoms with Gasteiger partial charge in [0, 0.05) is 25.7 Å². The molecule has 2 saturated heterocycles. The number of rotatable bonds is 4. The van der Waals surface area contributed by atoms with Gasteiger partial charge in [0.15, 0.2) is 0 Å². The molecule has 0 amide bonds. The average molecular weight is 215 g/mol. The maximum atomic E-state index is 10.9. The lowest BCUT2D eigenvalue weighted by Gasteiger charge is -2.22. The normalized spacial score (nSPS) is 34.9. The molecule has 2 heterocycles. The summed E-state index contributed by atoms with van der Waals surface area (Å²) in [6.45, 7) is 3.09. The monoisotopic (exact) mass is 215 g/mol. The molecule has 3 unspecified atom stereocenters. The van der Waals surface area contributed by atoms with Crippen LogP contribution in [0, 0.1) is 0 Å². The van der Waals surface area contributed by atoms with Crippen LogP contribution in [0.2, 0.25) is 0 Å². The standard InChI is InChI=1S/C9H17N3O3/c1-14-7(13)5-12-9-8(15-9)6-4-10-2-3-11-6/h6,8-12H,2-5H2,1H3. The minimum Gasteiger partial charge on any atom is -0.468 e. The third kappa shape index (κ3) is 2.88. The molecule has 2 aliphatic heterocycles. The highest BCUT2D eigenvalue weighted by molar-refractivity contribution is 5.71. The van der Waals surface area contributed by atoms with Crippen molar-refractivity contribution >= 4 is 5.97 Å². The molecule has 2 aliphatic rings. The molecule has 86 valence electrons. The number of carbonyl (C=O) groups excluding carboxylic acids is 1. The molecule has 6 heteroatoms. The quantitative estimate of drug-likeness (QED) is 0.373. The molecule has 0 aromatic heterocycles. The fourth-order valence-electron chi connectivity index (χ4n) is 1.76. The van der Waals surface area contributed by atoms with Crippen molar-refractivity contribution in [3.8, 4) is 0 Å². The molecule has 2 fully saturated rings. The molecule has 0 radical (unpaired) electrons. The van der Waals surface area contributed by atoms with Gasteiger partial charge in [0.05, 0.1) is 13.7 Å². The Balaban J connectivity index is 1.64. The van der Waals surface area contributed by atoms with E-state index in [4.69, 9.17) is 4.74 Å². The summed E-state index contributed by atoms with van der Waals surface area (Å²) in [6, 6.07) is 0.342. The average Bonchev–Trinajstić information content (AvgIpc) is 3.06. The van der Waals surface area contributed by atoms with Crippen molar-refractivity contribution in [2.75, 3.05) is 33.3 Å². The number of ether oxygens (including phenoxy) is 2. The van der Waals surface area contributed by atoms with Crippen molar-refractivity contribution in [3.05, 3.63) is 0 Å². The zero-order valence-electron chi connectivity index (χ0n) is 8.79. The first kappa shape index (κ1) is 10.8. The Morgan fingerprint density at radius 2 is 2.47 bits per heavy atom. The molecule has 0 spiro atoms. The van der Waals surface area contributed by atoms with Gasteiger partial charge in [0.1, 0.15) is 12.3 Å². The third-order valence-corrected chi connectivity index (χ3v) is 2.67. The molecule has 2 rings (SSSR count). The molecule has 3 atom stereocenters. The second-order valence-corrected chi connectivity index (χ2v) is 3.74. The van der Waals surface area contributed by atoms with E-state index in [9.17, 15) is 4.79 Å². The van der Waals surface area contributed by atoms with E-state index < -0.39 is 0 Å². The van der Waals surface area contributed by atoms with Crippen molar-refractivity contribution in [2.45, 2.75) is 18.4 Å². The Bertz CT molecular complexity index is 231. The lowest BCUT2D eigenvalue weighted by atomic mass is 10.1. The number of nitrogens with one attached hydrogen (secondary N) is 3. The van der Waals surface area contributed by atoms with Gasteiger partial charge in [-0.15, -0.1) is 0 Å². The van der Waals surface area contributed by atoms with Gasteiger partial charge < -0.3 is 20.1 Å². The predicted octanol–water partition coefficient (Wildman–Crippen LogP) is -1.96. The lowest BCUT2D eigenvalue weighted by molar-refractivity contribution is -0.139. The number of piperazine rings is 1.